The minimum Gasteiger partial charge on any atom is -0.272 e. The lowest BCUT2D eigenvalue weighted by atomic mass is 9.80. The summed E-state index contributed by atoms with van der Waals surface area (Å²) >= 11 is 0. The van der Waals surface area contributed by atoms with Gasteiger partial charge in [0.25, 0.3) is 0 Å². The van der Waals surface area contributed by atoms with Gasteiger partial charge in [0, 0.05) is 18.9 Å². The van der Waals surface area contributed by atoms with Gasteiger partial charge in [-0.25, -0.2) is 0 Å². The maximum Gasteiger partial charge on any atom is 0.0489 e. The molecule has 0 bridgehead atoms. The topological polar surface area (TPSA) is 17.8 Å². The molecule has 2 heteroatoms. The molecule has 0 N–H and O–H groups in total. The van der Waals surface area contributed by atoms with Crippen LogP contribution < -0.4 is 0 Å². The lowest BCUT2D eigenvalue weighted by molar-refractivity contribution is 0.233. The van der Waals surface area contributed by atoms with Gasteiger partial charge in [-0.1, -0.05) is 26.2 Å². The summed E-state index contributed by atoms with van der Waals surface area (Å²) in [6, 6.07) is 2.01. The lowest BCUT2D eigenvalue weighted by Crippen LogP contribution is -2.19. The van der Waals surface area contributed by atoms with Crippen molar-refractivity contribution >= 4 is 0 Å². The molecule has 0 aromatic carbocycles. The first-order chi connectivity index (χ1) is 6.88. The highest BCUT2D eigenvalue weighted by Crippen LogP contribution is 2.31. The Balaban J connectivity index is 1.86. The number of hydrogen-bond acceptors (Lipinski definition) is 1. The first-order valence-electron chi connectivity index (χ1n) is 5.86. The molecule has 1 heterocycles. The van der Waals surface area contributed by atoms with Gasteiger partial charge < -0.3 is 0 Å². The van der Waals surface area contributed by atoms with E-state index in [1.807, 2.05) is 12.3 Å². The smallest absolute Gasteiger partial charge is 0.0489 e. The van der Waals surface area contributed by atoms with Crippen molar-refractivity contribution in [2.75, 3.05) is 0 Å². The molecule has 1 aromatic rings. The zero-order chi connectivity index (χ0) is 9.80. The fourth-order valence-electron chi connectivity index (χ4n) is 2.61. The van der Waals surface area contributed by atoms with E-state index in [-0.39, 0.29) is 0 Å². The van der Waals surface area contributed by atoms with Gasteiger partial charge in [0.15, 0.2) is 0 Å². The molecule has 0 amide bonds. The Labute approximate surface area is 86.3 Å². The van der Waals surface area contributed by atoms with Crippen LogP contribution >= 0.6 is 0 Å². The van der Waals surface area contributed by atoms with Crippen molar-refractivity contribution in [3.8, 4) is 0 Å². The first-order valence-corrected chi connectivity index (χ1v) is 5.86. The van der Waals surface area contributed by atoms with Crippen molar-refractivity contribution < 1.29 is 0 Å². The molecule has 1 saturated carbocycles. The molecule has 0 spiro atoms. The van der Waals surface area contributed by atoms with Gasteiger partial charge in [-0.15, -0.1) is 0 Å². The van der Waals surface area contributed by atoms with Gasteiger partial charge in [-0.2, -0.15) is 5.10 Å². The summed E-state index contributed by atoms with van der Waals surface area (Å²) in [6.45, 7) is 3.45. The van der Waals surface area contributed by atoms with Crippen molar-refractivity contribution in [3.05, 3.63) is 18.5 Å². The second-order valence-corrected chi connectivity index (χ2v) is 4.54. The third-order valence-corrected chi connectivity index (χ3v) is 3.47. The van der Waals surface area contributed by atoms with Crippen molar-refractivity contribution in [2.45, 2.75) is 45.6 Å². The highest BCUT2D eigenvalue weighted by molar-refractivity contribution is 4.80. The zero-order valence-corrected chi connectivity index (χ0v) is 9.02. The molecule has 0 aliphatic heterocycles. The fourth-order valence-corrected chi connectivity index (χ4v) is 2.61. The van der Waals surface area contributed by atoms with Crippen LogP contribution in [0.4, 0.5) is 0 Å². The van der Waals surface area contributed by atoms with Crippen LogP contribution in [0.2, 0.25) is 0 Å². The number of rotatable bonds is 3. The van der Waals surface area contributed by atoms with Gasteiger partial charge in [-0.3, -0.25) is 4.68 Å². The number of aromatic nitrogens is 2. The van der Waals surface area contributed by atoms with Crippen LogP contribution in [0.1, 0.15) is 39.0 Å². The van der Waals surface area contributed by atoms with Crippen molar-refractivity contribution in [1.29, 1.82) is 0 Å². The number of nitrogens with zero attached hydrogens (tertiary/aromatic N) is 2. The number of hydrogen-bond donors (Lipinski definition) is 0. The summed E-state index contributed by atoms with van der Waals surface area (Å²) in [5.41, 5.74) is 0. The molecule has 2 rings (SSSR count). The quantitative estimate of drug-likeness (QED) is 0.719. The molecular formula is C12H20N2. The van der Waals surface area contributed by atoms with E-state index in [0.29, 0.717) is 0 Å². The monoisotopic (exact) mass is 192 g/mol. The molecule has 0 unspecified atom stereocenters. The highest BCUT2D eigenvalue weighted by atomic mass is 15.3. The van der Waals surface area contributed by atoms with E-state index in [2.05, 4.69) is 22.9 Å². The summed E-state index contributed by atoms with van der Waals surface area (Å²) in [6.07, 6.45) is 11.0. The van der Waals surface area contributed by atoms with Crippen LogP contribution in [-0.4, -0.2) is 9.78 Å². The minimum absolute atomic E-state index is 0.869. The van der Waals surface area contributed by atoms with Crippen molar-refractivity contribution in [1.82, 2.24) is 9.78 Å². The summed E-state index contributed by atoms with van der Waals surface area (Å²) in [5.74, 6) is 1.85. The Kier molecular flexibility index (Phi) is 3.22. The average Bonchev–Trinajstić information content (AvgIpc) is 2.71. The average molecular weight is 192 g/mol. The van der Waals surface area contributed by atoms with Crippen LogP contribution in [-0.2, 0) is 6.54 Å². The van der Waals surface area contributed by atoms with Gasteiger partial charge >= 0.3 is 0 Å². The molecule has 1 aliphatic rings. The molecule has 1 aromatic heterocycles. The van der Waals surface area contributed by atoms with Crippen LogP contribution in [0.15, 0.2) is 18.5 Å². The molecule has 2 atom stereocenters. The van der Waals surface area contributed by atoms with E-state index in [1.54, 1.807) is 0 Å². The van der Waals surface area contributed by atoms with Crippen molar-refractivity contribution in [2.24, 2.45) is 11.8 Å². The van der Waals surface area contributed by atoms with E-state index < -0.39 is 0 Å². The van der Waals surface area contributed by atoms with E-state index in [0.717, 1.165) is 18.4 Å². The van der Waals surface area contributed by atoms with Gasteiger partial charge in [-0.05, 0) is 30.7 Å². The van der Waals surface area contributed by atoms with Crippen LogP contribution in [0, 0.1) is 11.8 Å². The SMILES string of the molecule is CC[C@@H]1CCC[C@H](Cn2cccn2)C1. The zero-order valence-electron chi connectivity index (χ0n) is 9.02. The standard InChI is InChI=1S/C12H20N2/c1-2-11-5-3-6-12(9-11)10-14-8-4-7-13-14/h4,7-8,11-12H,2-3,5-6,9-10H2,1H3/t11-,12+/m1/s1. The summed E-state index contributed by atoms with van der Waals surface area (Å²) in [4.78, 5) is 0. The van der Waals surface area contributed by atoms with Crippen LogP contribution in [0.5, 0.6) is 0 Å². The second-order valence-electron chi connectivity index (χ2n) is 4.54. The van der Waals surface area contributed by atoms with Gasteiger partial charge in [0.1, 0.15) is 0 Å². The largest absolute Gasteiger partial charge is 0.272 e. The third kappa shape index (κ3) is 2.37. The van der Waals surface area contributed by atoms with Gasteiger partial charge in [0.05, 0.1) is 0 Å². The van der Waals surface area contributed by atoms with Crippen LogP contribution in [0.3, 0.4) is 0 Å². The van der Waals surface area contributed by atoms with Gasteiger partial charge in [0.2, 0.25) is 0 Å². The maximum atomic E-state index is 4.28. The summed E-state index contributed by atoms with van der Waals surface area (Å²) < 4.78 is 2.09. The molecular weight excluding hydrogens is 172 g/mol. The summed E-state index contributed by atoms with van der Waals surface area (Å²) in [7, 11) is 0. The Bertz CT molecular complexity index is 253. The summed E-state index contributed by atoms with van der Waals surface area (Å²) in [5, 5.41) is 4.28. The third-order valence-electron chi connectivity index (χ3n) is 3.47. The Morgan fingerprint density at radius 3 is 2.93 bits per heavy atom. The van der Waals surface area contributed by atoms with E-state index in [4.69, 9.17) is 0 Å². The molecule has 1 fully saturated rings. The Morgan fingerprint density at radius 2 is 2.21 bits per heavy atom. The predicted molar refractivity (Wildman–Crippen MR) is 58.0 cm³/mol. The van der Waals surface area contributed by atoms with Crippen molar-refractivity contribution in [3.63, 3.8) is 0 Å². The van der Waals surface area contributed by atoms with E-state index in [9.17, 15) is 0 Å². The molecule has 2 nitrogen and oxygen atoms in total. The fraction of sp³-hybridized carbons (Fsp3) is 0.750. The lowest BCUT2D eigenvalue weighted by Gasteiger charge is -2.28. The second kappa shape index (κ2) is 4.63. The van der Waals surface area contributed by atoms with E-state index >= 15 is 0 Å². The molecule has 1 aliphatic carbocycles. The van der Waals surface area contributed by atoms with Crippen LogP contribution in [0.25, 0.3) is 0 Å². The first kappa shape index (κ1) is 9.75. The molecule has 0 saturated heterocycles. The minimum atomic E-state index is 0.869. The maximum absolute atomic E-state index is 4.28. The Hall–Kier alpha value is -0.790. The highest BCUT2D eigenvalue weighted by Gasteiger charge is 2.20. The van der Waals surface area contributed by atoms with E-state index in [1.165, 1.54) is 32.1 Å². The molecule has 78 valence electrons. The molecule has 0 radical (unpaired) electrons. The molecule has 14 heavy (non-hydrogen) atoms. The predicted octanol–water partition coefficient (Wildman–Crippen LogP) is 3.10. The normalized spacial score (nSPS) is 27.8. The Morgan fingerprint density at radius 1 is 1.36 bits per heavy atom.